The highest BCUT2D eigenvalue weighted by Crippen LogP contribution is 2.32. The molecule has 1 rings (SSSR count). The summed E-state index contributed by atoms with van der Waals surface area (Å²) in [5.74, 6) is -1.32. The Hall–Kier alpha value is -1.59. The number of carboxylic acid groups (broad SMARTS) is 1. The van der Waals surface area contributed by atoms with Crippen LogP contribution in [0.25, 0.3) is 0 Å². The van der Waals surface area contributed by atoms with E-state index in [0.717, 1.165) is 0 Å². The molecular formula is C12H20N2O4. The fraction of sp³-hybridized carbons (Fsp3) is 0.750. The van der Waals surface area contributed by atoms with Gasteiger partial charge >= 0.3 is 12.0 Å². The summed E-state index contributed by atoms with van der Waals surface area (Å²) in [6.45, 7) is 6.75. The van der Waals surface area contributed by atoms with Gasteiger partial charge in [0.15, 0.2) is 0 Å². The third-order valence-corrected chi connectivity index (χ3v) is 3.71. The second kappa shape index (κ2) is 4.59. The van der Waals surface area contributed by atoms with E-state index in [1.54, 1.807) is 13.8 Å². The summed E-state index contributed by atoms with van der Waals surface area (Å²) in [7, 11) is 0. The van der Waals surface area contributed by atoms with Gasteiger partial charge < -0.3 is 10.0 Å². The molecule has 0 unspecified atom stereocenters. The van der Waals surface area contributed by atoms with Crippen LogP contribution in [0.2, 0.25) is 0 Å². The van der Waals surface area contributed by atoms with Crippen LogP contribution in [-0.2, 0) is 9.59 Å². The van der Waals surface area contributed by atoms with Crippen LogP contribution in [0.15, 0.2) is 0 Å². The maximum Gasteiger partial charge on any atom is 0.325 e. The van der Waals surface area contributed by atoms with Crippen LogP contribution in [0.3, 0.4) is 0 Å². The number of carbonyl (C=O) groups excluding carboxylic acids is 2. The Labute approximate surface area is 106 Å². The van der Waals surface area contributed by atoms with Gasteiger partial charge in [-0.05, 0) is 26.7 Å². The number of amides is 3. The first-order valence-electron chi connectivity index (χ1n) is 6.07. The van der Waals surface area contributed by atoms with Gasteiger partial charge in [0, 0.05) is 6.54 Å². The van der Waals surface area contributed by atoms with Crippen molar-refractivity contribution in [1.82, 2.24) is 10.2 Å². The highest BCUT2D eigenvalue weighted by molar-refractivity contribution is 6.07. The molecule has 0 aromatic heterocycles. The van der Waals surface area contributed by atoms with E-state index in [1.807, 2.05) is 13.8 Å². The van der Waals surface area contributed by atoms with Crippen molar-refractivity contribution in [2.24, 2.45) is 5.41 Å². The molecule has 1 fully saturated rings. The van der Waals surface area contributed by atoms with Crippen LogP contribution in [0.4, 0.5) is 4.79 Å². The zero-order valence-corrected chi connectivity index (χ0v) is 11.2. The number of hydrogen-bond donors (Lipinski definition) is 2. The molecule has 0 aromatic carbocycles. The largest absolute Gasteiger partial charge is 0.481 e. The van der Waals surface area contributed by atoms with Gasteiger partial charge in [-0.2, -0.15) is 0 Å². The summed E-state index contributed by atoms with van der Waals surface area (Å²) >= 11 is 0. The molecular weight excluding hydrogens is 236 g/mol. The SMILES string of the molecule is CCC1(CC)C(=O)NC(=O)N1CC(C)(C)C(=O)O. The van der Waals surface area contributed by atoms with Gasteiger partial charge in [-0.15, -0.1) is 0 Å². The lowest BCUT2D eigenvalue weighted by atomic mass is 9.87. The topological polar surface area (TPSA) is 86.7 Å². The number of aliphatic carboxylic acids is 1. The number of nitrogens with one attached hydrogen (secondary N) is 1. The average Bonchev–Trinajstić information content (AvgIpc) is 2.51. The van der Waals surface area contributed by atoms with Crippen LogP contribution in [0.1, 0.15) is 40.5 Å². The van der Waals surface area contributed by atoms with E-state index in [2.05, 4.69) is 5.32 Å². The molecule has 18 heavy (non-hydrogen) atoms. The Morgan fingerprint density at radius 2 is 1.83 bits per heavy atom. The van der Waals surface area contributed by atoms with Crippen molar-refractivity contribution < 1.29 is 19.5 Å². The van der Waals surface area contributed by atoms with Crippen molar-refractivity contribution in [1.29, 1.82) is 0 Å². The first kappa shape index (κ1) is 14.5. The lowest BCUT2D eigenvalue weighted by molar-refractivity contribution is -0.148. The van der Waals surface area contributed by atoms with Crippen molar-refractivity contribution in [3.05, 3.63) is 0 Å². The van der Waals surface area contributed by atoms with Crippen molar-refractivity contribution in [3.63, 3.8) is 0 Å². The molecule has 102 valence electrons. The molecule has 6 heteroatoms. The molecule has 1 heterocycles. The first-order chi connectivity index (χ1) is 8.21. The summed E-state index contributed by atoms with van der Waals surface area (Å²) in [6, 6.07) is -0.502. The smallest absolute Gasteiger partial charge is 0.325 e. The van der Waals surface area contributed by atoms with Crippen molar-refractivity contribution in [2.75, 3.05) is 6.54 Å². The number of carboxylic acids is 1. The number of imide groups is 1. The van der Waals surface area contributed by atoms with E-state index in [0.29, 0.717) is 12.8 Å². The van der Waals surface area contributed by atoms with Crippen LogP contribution >= 0.6 is 0 Å². The molecule has 3 amide bonds. The van der Waals surface area contributed by atoms with Crippen LogP contribution in [0.5, 0.6) is 0 Å². The van der Waals surface area contributed by atoms with Gasteiger partial charge in [-0.3, -0.25) is 14.9 Å². The molecule has 1 saturated heterocycles. The van der Waals surface area contributed by atoms with Crippen molar-refractivity contribution in [2.45, 2.75) is 46.1 Å². The lowest BCUT2D eigenvalue weighted by Gasteiger charge is -2.37. The number of carbonyl (C=O) groups is 3. The number of rotatable bonds is 5. The Kier molecular flexibility index (Phi) is 3.69. The Bertz CT molecular complexity index is 386. The molecule has 0 bridgehead atoms. The highest BCUT2D eigenvalue weighted by atomic mass is 16.4. The van der Waals surface area contributed by atoms with Gasteiger partial charge in [-0.1, -0.05) is 13.8 Å². The molecule has 0 spiro atoms. The first-order valence-corrected chi connectivity index (χ1v) is 6.07. The Morgan fingerprint density at radius 1 is 1.33 bits per heavy atom. The zero-order chi connectivity index (χ0) is 14.1. The lowest BCUT2D eigenvalue weighted by Crippen LogP contribution is -2.53. The second-order valence-corrected chi connectivity index (χ2v) is 5.27. The predicted octanol–water partition coefficient (Wildman–Crippen LogP) is 1.21. The summed E-state index contributed by atoms with van der Waals surface area (Å²) in [5, 5.41) is 11.4. The molecule has 0 aromatic rings. The molecule has 6 nitrogen and oxygen atoms in total. The Balaban J connectivity index is 3.08. The standard InChI is InChI=1S/C12H20N2O4/c1-5-12(6-2)8(15)13-10(18)14(12)7-11(3,4)9(16)17/h5-7H2,1-4H3,(H,16,17)(H,13,15,18). The average molecular weight is 256 g/mol. The van der Waals surface area contributed by atoms with E-state index in [-0.39, 0.29) is 12.5 Å². The third-order valence-electron chi connectivity index (χ3n) is 3.71. The van der Waals surface area contributed by atoms with Crippen LogP contribution in [-0.4, -0.2) is 40.0 Å². The summed E-state index contributed by atoms with van der Waals surface area (Å²) < 4.78 is 0. The maximum atomic E-state index is 11.9. The molecule has 2 N–H and O–H groups in total. The van der Waals surface area contributed by atoms with Crippen LogP contribution < -0.4 is 5.32 Å². The predicted molar refractivity (Wildman–Crippen MR) is 65.0 cm³/mol. The number of hydrogen-bond acceptors (Lipinski definition) is 3. The van der Waals surface area contributed by atoms with Gasteiger partial charge in [-0.25, -0.2) is 4.79 Å². The third kappa shape index (κ3) is 2.07. The summed E-state index contributed by atoms with van der Waals surface area (Å²) in [6.07, 6.45) is 0.938. The minimum absolute atomic E-state index is 0.0155. The molecule has 1 aliphatic rings. The minimum atomic E-state index is -1.09. The maximum absolute atomic E-state index is 11.9. The summed E-state index contributed by atoms with van der Waals surface area (Å²) in [4.78, 5) is 36.2. The van der Waals surface area contributed by atoms with E-state index in [9.17, 15) is 14.4 Å². The molecule has 0 saturated carbocycles. The Morgan fingerprint density at radius 3 is 2.22 bits per heavy atom. The van der Waals surface area contributed by atoms with Gasteiger partial charge in [0.2, 0.25) is 0 Å². The van der Waals surface area contributed by atoms with E-state index in [1.165, 1.54) is 4.90 Å². The van der Waals surface area contributed by atoms with E-state index >= 15 is 0 Å². The minimum Gasteiger partial charge on any atom is -0.481 e. The quantitative estimate of drug-likeness (QED) is 0.724. The molecule has 1 aliphatic heterocycles. The van der Waals surface area contributed by atoms with Gasteiger partial charge in [0.25, 0.3) is 5.91 Å². The normalized spacial score (nSPS) is 19.0. The molecule has 0 aliphatic carbocycles. The fourth-order valence-electron chi connectivity index (χ4n) is 2.24. The number of nitrogens with zero attached hydrogens (tertiary/aromatic N) is 1. The van der Waals surface area contributed by atoms with E-state index in [4.69, 9.17) is 5.11 Å². The van der Waals surface area contributed by atoms with E-state index < -0.39 is 23.0 Å². The van der Waals surface area contributed by atoms with Crippen molar-refractivity contribution in [3.8, 4) is 0 Å². The molecule has 0 atom stereocenters. The van der Waals surface area contributed by atoms with Gasteiger partial charge in [0.1, 0.15) is 5.54 Å². The summed E-state index contributed by atoms with van der Waals surface area (Å²) in [5.41, 5.74) is -2.00. The monoisotopic (exact) mass is 256 g/mol. The highest BCUT2D eigenvalue weighted by Gasteiger charge is 2.52. The second-order valence-electron chi connectivity index (χ2n) is 5.27. The molecule has 0 radical (unpaired) electrons. The fourth-order valence-corrected chi connectivity index (χ4v) is 2.24. The number of urea groups is 1. The van der Waals surface area contributed by atoms with Crippen LogP contribution in [0, 0.1) is 5.41 Å². The zero-order valence-electron chi connectivity index (χ0n) is 11.2. The van der Waals surface area contributed by atoms with Crippen molar-refractivity contribution >= 4 is 17.9 Å². The van der Waals surface area contributed by atoms with Gasteiger partial charge in [0.05, 0.1) is 5.41 Å².